The first-order chi connectivity index (χ1) is 13.2. The molecule has 2 aromatic rings. The minimum absolute atomic E-state index is 0.142. The van der Waals surface area contributed by atoms with E-state index in [2.05, 4.69) is 10.6 Å². The summed E-state index contributed by atoms with van der Waals surface area (Å²) in [6.07, 6.45) is 4.43. The Morgan fingerprint density at radius 2 is 1.89 bits per heavy atom. The second kappa shape index (κ2) is 7.60. The summed E-state index contributed by atoms with van der Waals surface area (Å²) in [4.78, 5) is 26.5. The van der Waals surface area contributed by atoms with Crippen molar-refractivity contribution in [1.29, 1.82) is 0 Å². The number of aryl methyl sites for hydroxylation is 1. The molecule has 0 fully saturated rings. The van der Waals surface area contributed by atoms with Gasteiger partial charge >= 0.3 is 0 Å². The average Bonchev–Trinajstić information content (AvgIpc) is 2.87. The maximum atomic E-state index is 12.8. The van der Waals surface area contributed by atoms with Crippen LogP contribution in [0.5, 0.6) is 11.5 Å². The van der Waals surface area contributed by atoms with E-state index >= 15 is 0 Å². The highest BCUT2D eigenvalue weighted by atomic mass is 32.1. The summed E-state index contributed by atoms with van der Waals surface area (Å²) < 4.78 is 11.4. The molecular weight excluding hydrogens is 364 g/mol. The summed E-state index contributed by atoms with van der Waals surface area (Å²) in [5, 5.41) is 6.23. The topological polar surface area (TPSA) is 76.7 Å². The van der Waals surface area contributed by atoms with E-state index in [1.165, 1.54) is 22.6 Å². The lowest BCUT2D eigenvalue weighted by Crippen LogP contribution is -2.40. The zero-order chi connectivity index (χ0) is 18.8. The third-order valence-electron chi connectivity index (χ3n) is 4.91. The van der Waals surface area contributed by atoms with E-state index in [1.54, 1.807) is 13.1 Å². The minimum atomic E-state index is -0.751. The molecule has 0 saturated carbocycles. The SMILES string of the molecule is CNC(=O)c1c(NC(=O)[C@H]2COc3ccccc3O2)sc2c1CCCCC2. The van der Waals surface area contributed by atoms with Crippen LogP contribution in [0.4, 0.5) is 5.00 Å². The molecule has 2 N–H and O–H groups in total. The Labute approximate surface area is 161 Å². The van der Waals surface area contributed by atoms with Gasteiger partial charge in [0.25, 0.3) is 11.8 Å². The first-order valence-corrected chi connectivity index (χ1v) is 10.0. The van der Waals surface area contributed by atoms with E-state index in [0.29, 0.717) is 22.1 Å². The highest BCUT2D eigenvalue weighted by Gasteiger charge is 2.30. The van der Waals surface area contributed by atoms with Crippen molar-refractivity contribution in [3.8, 4) is 11.5 Å². The number of hydrogen-bond donors (Lipinski definition) is 2. The van der Waals surface area contributed by atoms with Gasteiger partial charge in [-0.3, -0.25) is 9.59 Å². The van der Waals surface area contributed by atoms with Crippen LogP contribution in [-0.2, 0) is 17.6 Å². The molecule has 142 valence electrons. The number of carbonyl (C=O) groups is 2. The number of hydrogen-bond acceptors (Lipinski definition) is 5. The molecule has 7 heteroatoms. The molecule has 0 unspecified atom stereocenters. The standard InChI is InChI=1S/C20H22N2O4S/c1-21-19(24)17-12-7-3-2-4-10-16(12)27-20(17)22-18(23)15-11-25-13-8-5-6-9-14(13)26-15/h5-6,8-9,15H,2-4,7,10-11H2,1H3,(H,21,24)(H,22,23)/t15-/m1/s1. The van der Waals surface area contributed by atoms with E-state index in [9.17, 15) is 9.59 Å². The maximum Gasteiger partial charge on any atom is 0.269 e. The number of anilines is 1. The number of carbonyl (C=O) groups excluding carboxylic acids is 2. The molecule has 1 aliphatic heterocycles. The van der Waals surface area contributed by atoms with Crippen LogP contribution >= 0.6 is 11.3 Å². The molecule has 0 spiro atoms. The number of thiophene rings is 1. The maximum absolute atomic E-state index is 12.8. The van der Waals surface area contributed by atoms with Crippen LogP contribution < -0.4 is 20.1 Å². The smallest absolute Gasteiger partial charge is 0.269 e. The van der Waals surface area contributed by atoms with Crippen molar-refractivity contribution >= 4 is 28.2 Å². The number of para-hydroxylation sites is 2. The zero-order valence-corrected chi connectivity index (χ0v) is 16.0. The van der Waals surface area contributed by atoms with Crippen LogP contribution in [0, 0.1) is 0 Å². The highest BCUT2D eigenvalue weighted by Crippen LogP contribution is 2.38. The number of amides is 2. The molecule has 1 atom stereocenters. The fourth-order valence-corrected chi connectivity index (χ4v) is 4.83. The molecule has 0 saturated heterocycles. The molecular formula is C20H22N2O4S. The minimum Gasteiger partial charge on any atom is -0.485 e. The molecule has 2 aliphatic rings. The van der Waals surface area contributed by atoms with E-state index < -0.39 is 6.10 Å². The summed E-state index contributed by atoms with van der Waals surface area (Å²) in [6, 6.07) is 7.28. The van der Waals surface area contributed by atoms with Crippen LogP contribution in [-0.4, -0.2) is 31.6 Å². The molecule has 0 radical (unpaired) electrons. The molecule has 27 heavy (non-hydrogen) atoms. The molecule has 2 amide bonds. The van der Waals surface area contributed by atoms with Gasteiger partial charge in [-0.05, 0) is 43.4 Å². The van der Waals surface area contributed by atoms with Gasteiger partial charge in [-0.25, -0.2) is 0 Å². The highest BCUT2D eigenvalue weighted by molar-refractivity contribution is 7.17. The van der Waals surface area contributed by atoms with Crippen LogP contribution in [0.1, 0.15) is 40.1 Å². The van der Waals surface area contributed by atoms with E-state index in [0.717, 1.165) is 31.2 Å². The Hall–Kier alpha value is -2.54. The molecule has 1 aromatic heterocycles. The number of fused-ring (bicyclic) bond motifs is 2. The summed E-state index contributed by atoms with van der Waals surface area (Å²) in [7, 11) is 1.61. The summed E-state index contributed by atoms with van der Waals surface area (Å²) in [5.74, 6) is 0.731. The Morgan fingerprint density at radius 3 is 2.70 bits per heavy atom. The first kappa shape index (κ1) is 17.9. The van der Waals surface area contributed by atoms with E-state index in [-0.39, 0.29) is 18.4 Å². The van der Waals surface area contributed by atoms with Crippen molar-refractivity contribution in [2.45, 2.75) is 38.2 Å². The third kappa shape index (κ3) is 3.51. The molecule has 1 aliphatic carbocycles. The van der Waals surface area contributed by atoms with Gasteiger partial charge < -0.3 is 20.1 Å². The third-order valence-corrected chi connectivity index (χ3v) is 6.12. The van der Waals surface area contributed by atoms with Gasteiger partial charge in [0.15, 0.2) is 11.5 Å². The van der Waals surface area contributed by atoms with Crippen LogP contribution in [0.15, 0.2) is 24.3 Å². The van der Waals surface area contributed by atoms with Gasteiger partial charge in [-0.15, -0.1) is 11.3 Å². The number of benzene rings is 1. The Kier molecular flexibility index (Phi) is 5.03. The zero-order valence-electron chi connectivity index (χ0n) is 15.2. The van der Waals surface area contributed by atoms with E-state index in [1.807, 2.05) is 18.2 Å². The summed E-state index contributed by atoms with van der Waals surface area (Å²) >= 11 is 1.51. The Morgan fingerprint density at radius 1 is 1.11 bits per heavy atom. The van der Waals surface area contributed by atoms with Gasteiger partial charge in [-0.1, -0.05) is 18.6 Å². The van der Waals surface area contributed by atoms with Crippen LogP contribution in [0.3, 0.4) is 0 Å². The number of ether oxygens (including phenoxy) is 2. The second-order valence-electron chi connectivity index (χ2n) is 6.70. The fourth-order valence-electron chi connectivity index (χ4n) is 3.54. The lowest BCUT2D eigenvalue weighted by Gasteiger charge is -2.25. The summed E-state index contributed by atoms with van der Waals surface area (Å²) in [6.45, 7) is 0.142. The van der Waals surface area contributed by atoms with Crippen LogP contribution in [0.25, 0.3) is 0 Å². The number of nitrogens with one attached hydrogen (secondary N) is 2. The van der Waals surface area contributed by atoms with Gasteiger partial charge in [0.05, 0.1) is 5.56 Å². The lowest BCUT2D eigenvalue weighted by molar-refractivity contribution is -0.125. The molecule has 0 bridgehead atoms. The second-order valence-corrected chi connectivity index (χ2v) is 7.81. The fraction of sp³-hybridized carbons (Fsp3) is 0.400. The lowest BCUT2D eigenvalue weighted by atomic mass is 10.0. The van der Waals surface area contributed by atoms with Gasteiger partial charge in [0, 0.05) is 11.9 Å². The molecule has 4 rings (SSSR count). The van der Waals surface area contributed by atoms with Crippen LogP contribution in [0.2, 0.25) is 0 Å². The Balaban J connectivity index is 1.57. The Bertz CT molecular complexity index is 877. The summed E-state index contributed by atoms with van der Waals surface area (Å²) in [5.41, 5.74) is 1.68. The van der Waals surface area contributed by atoms with Crippen molar-refractivity contribution in [3.63, 3.8) is 0 Å². The van der Waals surface area contributed by atoms with Crippen molar-refractivity contribution in [2.75, 3.05) is 19.0 Å². The largest absolute Gasteiger partial charge is 0.485 e. The van der Waals surface area contributed by atoms with Crippen molar-refractivity contribution in [1.82, 2.24) is 5.32 Å². The van der Waals surface area contributed by atoms with Crippen molar-refractivity contribution in [3.05, 3.63) is 40.3 Å². The number of rotatable bonds is 3. The quantitative estimate of drug-likeness (QED) is 0.795. The normalized spacial score (nSPS) is 18.2. The van der Waals surface area contributed by atoms with Gasteiger partial charge in [0.2, 0.25) is 6.10 Å². The molecule has 6 nitrogen and oxygen atoms in total. The monoisotopic (exact) mass is 386 g/mol. The van der Waals surface area contributed by atoms with Crippen molar-refractivity contribution < 1.29 is 19.1 Å². The molecule has 1 aromatic carbocycles. The van der Waals surface area contributed by atoms with Gasteiger partial charge in [0.1, 0.15) is 11.6 Å². The first-order valence-electron chi connectivity index (χ1n) is 9.23. The predicted octanol–water partition coefficient (Wildman–Crippen LogP) is 3.16. The van der Waals surface area contributed by atoms with E-state index in [4.69, 9.17) is 9.47 Å². The molecule has 2 heterocycles. The average molecular weight is 386 g/mol. The van der Waals surface area contributed by atoms with Gasteiger partial charge in [-0.2, -0.15) is 0 Å². The van der Waals surface area contributed by atoms with Crippen molar-refractivity contribution in [2.24, 2.45) is 0 Å². The predicted molar refractivity (Wildman–Crippen MR) is 104 cm³/mol.